The molecule has 0 aliphatic carbocycles. The van der Waals surface area contributed by atoms with Crippen LogP contribution in [0.2, 0.25) is 0 Å². The highest BCUT2D eigenvalue weighted by molar-refractivity contribution is 7.90. The van der Waals surface area contributed by atoms with Gasteiger partial charge in [0.1, 0.15) is 12.3 Å². The van der Waals surface area contributed by atoms with E-state index in [2.05, 4.69) is 10.4 Å². The molecule has 3 aromatic carbocycles. The SMILES string of the molecule is CCCc1cc(C(=O)NC(Cc2ccccc2)C(O)C(=O)O)nn1Cc1ccc(-c2ccccc2S(=O)(=O)NC(=O)COC)cc1. The number of nitrogens with one attached hydrogen (secondary N) is 2. The molecule has 0 spiro atoms. The lowest BCUT2D eigenvalue weighted by Crippen LogP contribution is -2.48. The zero-order valence-electron chi connectivity index (χ0n) is 25.4. The summed E-state index contributed by atoms with van der Waals surface area (Å²) in [5, 5.41) is 26.9. The van der Waals surface area contributed by atoms with Crippen LogP contribution in [-0.2, 0) is 43.7 Å². The largest absolute Gasteiger partial charge is 0.479 e. The molecule has 46 heavy (non-hydrogen) atoms. The van der Waals surface area contributed by atoms with Crippen molar-refractivity contribution in [3.8, 4) is 11.1 Å². The first-order valence-electron chi connectivity index (χ1n) is 14.6. The minimum Gasteiger partial charge on any atom is -0.479 e. The van der Waals surface area contributed by atoms with E-state index in [1.807, 2.05) is 29.8 Å². The molecule has 0 bridgehead atoms. The van der Waals surface area contributed by atoms with Gasteiger partial charge in [0.2, 0.25) is 0 Å². The average Bonchev–Trinajstić information content (AvgIpc) is 3.43. The van der Waals surface area contributed by atoms with E-state index in [0.29, 0.717) is 24.1 Å². The number of carbonyl (C=O) groups is 3. The molecule has 0 aliphatic heterocycles. The first-order chi connectivity index (χ1) is 22.0. The number of ether oxygens (including phenoxy) is 1. The summed E-state index contributed by atoms with van der Waals surface area (Å²) < 4.78 is 34.3. The van der Waals surface area contributed by atoms with Crippen molar-refractivity contribution < 1.29 is 37.8 Å². The Morgan fingerprint density at radius 2 is 1.63 bits per heavy atom. The van der Waals surface area contributed by atoms with Crippen LogP contribution in [0, 0.1) is 0 Å². The van der Waals surface area contributed by atoms with Crippen LogP contribution in [0.5, 0.6) is 0 Å². The van der Waals surface area contributed by atoms with E-state index in [0.717, 1.165) is 23.2 Å². The first kappa shape index (κ1) is 34.0. The summed E-state index contributed by atoms with van der Waals surface area (Å²) in [7, 11) is -2.86. The van der Waals surface area contributed by atoms with Crippen molar-refractivity contribution in [2.75, 3.05) is 13.7 Å². The van der Waals surface area contributed by atoms with Crippen molar-refractivity contribution >= 4 is 27.8 Å². The molecule has 12 nitrogen and oxygen atoms in total. The molecule has 2 amide bonds. The fourth-order valence-corrected chi connectivity index (χ4v) is 6.15. The number of aliphatic hydroxyl groups is 1. The van der Waals surface area contributed by atoms with Crippen LogP contribution in [0.3, 0.4) is 0 Å². The second-order valence-corrected chi connectivity index (χ2v) is 12.3. The Labute approximate surface area is 267 Å². The van der Waals surface area contributed by atoms with Gasteiger partial charge in [-0.15, -0.1) is 0 Å². The summed E-state index contributed by atoms with van der Waals surface area (Å²) in [4.78, 5) is 36.7. The number of aliphatic hydroxyl groups excluding tert-OH is 1. The zero-order valence-corrected chi connectivity index (χ0v) is 26.2. The van der Waals surface area contributed by atoms with E-state index < -0.39 is 46.6 Å². The molecule has 4 N–H and O–H groups in total. The van der Waals surface area contributed by atoms with Crippen LogP contribution in [0.4, 0.5) is 0 Å². The van der Waals surface area contributed by atoms with Crippen LogP contribution >= 0.6 is 0 Å². The number of nitrogens with zero attached hydrogens (tertiary/aromatic N) is 2. The maximum atomic E-state index is 13.2. The maximum Gasteiger partial charge on any atom is 0.334 e. The summed E-state index contributed by atoms with van der Waals surface area (Å²) in [6.45, 7) is 1.90. The molecule has 0 radical (unpaired) electrons. The number of methoxy groups -OCH3 is 1. The molecule has 2 unspecified atom stereocenters. The van der Waals surface area contributed by atoms with Crippen LogP contribution in [0.15, 0.2) is 89.8 Å². The molecule has 0 saturated carbocycles. The van der Waals surface area contributed by atoms with Gasteiger partial charge in [0.05, 0.1) is 17.5 Å². The lowest BCUT2D eigenvalue weighted by molar-refractivity contribution is -0.148. The predicted molar refractivity (Wildman–Crippen MR) is 169 cm³/mol. The molecular formula is C33H36N4O8S. The predicted octanol–water partition coefficient (Wildman–Crippen LogP) is 2.79. The standard InChI is InChI=1S/C33H36N4O8S/c1-3-9-25-19-28(32(40)34-27(31(39)33(41)42)18-22-10-5-4-6-11-22)35-37(25)20-23-14-16-24(17-15-23)26-12-7-8-13-29(26)46(43,44)36-30(38)21-45-2/h4-8,10-17,19,27,31,39H,3,9,18,20-21H2,1-2H3,(H,34,40)(H,36,38)(H,41,42). The van der Waals surface area contributed by atoms with Gasteiger partial charge in [-0.2, -0.15) is 5.10 Å². The fourth-order valence-electron chi connectivity index (χ4n) is 4.95. The van der Waals surface area contributed by atoms with Crippen molar-refractivity contribution in [1.29, 1.82) is 0 Å². The monoisotopic (exact) mass is 648 g/mol. The molecule has 4 aromatic rings. The van der Waals surface area contributed by atoms with E-state index in [9.17, 15) is 33.0 Å². The third-order valence-corrected chi connectivity index (χ3v) is 8.58. The Bertz CT molecular complexity index is 1770. The molecule has 0 fully saturated rings. The Balaban J connectivity index is 1.54. The van der Waals surface area contributed by atoms with Crippen molar-refractivity contribution in [2.45, 2.75) is 49.8 Å². The van der Waals surface area contributed by atoms with Gasteiger partial charge in [-0.25, -0.2) is 17.9 Å². The highest BCUT2D eigenvalue weighted by Crippen LogP contribution is 2.28. The van der Waals surface area contributed by atoms with Gasteiger partial charge in [-0.05, 0) is 41.7 Å². The normalized spacial score (nSPS) is 12.7. The molecule has 0 aliphatic rings. The Kier molecular flexibility index (Phi) is 11.4. The summed E-state index contributed by atoms with van der Waals surface area (Å²) in [6.07, 6.45) is -0.295. The number of rotatable bonds is 15. The number of aromatic nitrogens is 2. The van der Waals surface area contributed by atoms with Crippen LogP contribution in [0.25, 0.3) is 11.1 Å². The first-order valence-corrected chi connectivity index (χ1v) is 16.1. The van der Waals surface area contributed by atoms with Gasteiger partial charge < -0.3 is 20.3 Å². The summed E-state index contributed by atoms with van der Waals surface area (Å²) in [5.74, 6) is -2.84. The molecule has 1 aromatic heterocycles. The highest BCUT2D eigenvalue weighted by Gasteiger charge is 2.29. The minimum absolute atomic E-state index is 0.0567. The molecule has 4 rings (SSSR count). The van der Waals surface area contributed by atoms with E-state index in [1.54, 1.807) is 65.3 Å². The average molecular weight is 649 g/mol. The van der Waals surface area contributed by atoms with E-state index >= 15 is 0 Å². The molecule has 242 valence electrons. The number of carbonyl (C=O) groups excluding carboxylic acids is 2. The van der Waals surface area contributed by atoms with Crippen LogP contribution in [-0.4, -0.2) is 72.1 Å². The minimum atomic E-state index is -4.15. The van der Waals surface area contributed by atoms with Gasteiger partial charge in [-0.3, -0.25) is 14.3 Å². The van der Waals surface area contributed by atoms with Gasteiger partial charge in [-0.1, -0.05) is 86.1 Å². The van der Waals surface area contributed by atoms with Gasteiger partial charge in [0, 0.05) is 18.4 Å². The van der Waals surface area contributed by atoms with E-state index in [4.69, 9.17) is 4.74 Å². The lowest BCUT2D eigenvalue weighted by atomic mass is 10.0. The fraction of sp³-hybridized carbons (Fsp3) is 0.273. The second kappa shape index (κ2) is 15.4. The third-order valence-electron chi connectivity index (χ3n) is 7.15. The maximum absolute atomic E-state index is 13.2. The summed E-state index contributed by atoms with van der Waals surface area (Å²) in [6, 6.07) is 23.0. The molecular weight excluding hydrogens is 612 g/mol. The Morgan fingerprint density at radius 3 is 2.28 bits per heavy atom. The topological polar surface area (TPSA) is 177 Å². The smallest absolute Gasteiger partial charge is 0.334 e. The highest BCUT2D eigenvalue weighted by atomic mass is 32.2. The van der Waals surface area contributed by atoms with Gasteiger partial charge in [0.15, 0.2) is 6.10 Å². The molecule has 1 heterocycles. The molecule has 13 heteroatoms. The third kappa shape index (κ3) is 8.65. The Morgan fingerprint density at radius 1 is 0.957 bits per heavy atom. The second-order valence-electron chi connectivity index (χ2n) is 10.6. The van der Waals surface area contributed by atoms with Crippen molar-refractivity contribution in [3.63, 3.8) is 0 Å². The number of aliphatic carboxylic acids is 1. The number of carboxylic acids is 1. The molecule has 0 saturated heterocycles. The molecule has 2 atom stereocenters. The number of sulfonamides is 1. The number of amides is 2. The summed E-state index contributed by atoms with van der Waals surface area (Å²) in [5.41, 5.74) is 3.48. The van der Waals surface area contributed by atoms with Crippen LogP contribution in [0.1, 0.15) is 40.7 Å². The number of benzene rings is 3. The van der Waals surface area contributed by atoms with Crippen LogP contribution < -0.4 is 10.0 Å². The number of hydrogen-bond acceptors (Lipinski definition) is 8. The lowest BCUT2D eigenvalue weighted by Gasteiger charge is -2.21. The van der Waals surface area contributed by atoms with E-state index in [-0.39, 0.29) is 17.0 Å². The van der Waals surface area contributed by atoms with E-state index in [1.165, 1.54) is 13.2 Å². The van der Waals surface area contributed by atoms with Crippen molar-refractivity contribution in [1.82, 2.24) is 19.8 Å². The number of hydrogen-bond donors (Lipinski definition) is 4. The number of aryl methyl sites for hydroxylation is 1. The zero-order chi connectivity index (χ0) is 33.3. The van der Waals surface area contributed by atoms with Crippen molar-refractivity contribution in [3.05, 3.63) is 107 Å². The quantitative estimate of drug-likeness (QED) is 0.151. The van der Waals surface area contributed by atoms with Crippen molar-refractivity contribution in [2.24, 2.45) is 0 Å². The summed E-state index contributed by atoms with van der Waals surface area (Å²) >= 11 is 0. The number of carboxylic acid groups (broad SMARTS) is 1. The van der Waals surface area contributed by atoms with Gasteiger partial charge >= 0.3 is 5.97 Å². The Hall–Kier alpha value is -4.85. The van der Waals surface area contributed by atoms with Gasteiger partial charge in [0.25, 0.3) is 21.8 Å².